The van der Waals surface area contributed by atoms with Crippen LogP contribution in [-0.4, -0.2) is 44.5 Å². The van der Waals surface area contributed by atoms with Gasteiger partial charge in [0.25, 0.3) is 5.91 Å². The molecule has 1 unspecified atom stereocenters. The van der Waals surface area contributed by atoms with Crippen LogP contribution in [0.2, 0.25) is 0 Å². The Morgan fingerprint density at radius 2 is 1.79 bits per heavy atom. The van der Waals surface area contributed by atoms with Crippen LogP contribution in [0.25, 0.3) is 0 Å². The molecule has 0 fully saturated rings. The third-order valence-corrected chi connectivity index (χ3v) is 5.70. The van der Waals surface area contributed by atoms with Crippen LogP contribution in [0.4, 0.5) is 5.69 Å². The number of methoxy groups -OCH3 is 2. The van der Waals surface area contributed by atoms with E-state index in [1.54, 1.807) is 34.9 Å². The minimum atomic E-state index is -0.601. The van der Waals surface area contributed by atoms with Crippen LogP contribution in [0.15, 0.2) is 47.4 Å². The molecular formula is C21H23NO5S. The van der Waals surface area contributed by atoms with Gasteiger partial charge in [-0.05, 0) is 30.7 Å². The second-order valence-corrected chi connectivity index (χ2v) is 7.89. The van der Waals surface area contributed by atoms with Crippen molar-refractivity contribution in [2.75, 3.05) is 32.3 Å². The number of carbonyl (C=O) groups is 2. The van der Waals surface area contributed by atoms with E-state index in [1.807, 2.05) is 24.3 Å². The number of thioether (sulfide) groups is 1. The van der Waals surface area contributed by atoms with E-state index in [2.05, 4.69) is 6.92 Å². The van der Waals surface area contributed by atoms with Crippen LogP contribution in [0.1, 0.15) is 23.7 Å². The van der Waals surface area contributed by atoms with Crippen LogP contribution < -0.4 is 14.4 Å². The third kappa shape index (κ3) is 4.59. The van der Waals surface area contributed by atoms with Crippen molar-refractivity contribution in [3.63, 3.8) is 0 Å². The van der Waals surface area contributed by atoms with Gasteiger partial charge in [-0.15, -0.1) is 11.8 Å². The normalized spacial score (nSPS) is 16.0. The zero-order chi connectivity index (χ0) is 20.1. The molecule has 1 amide bonds. The number of fused-ring (bicyclic) bond motifs is 1. The number of nitrogens with zero attached hydrogens (tertiary/aromatic N) is 1. The Morgan fingerprint density at radius 1 is 1.11 bits per heavy atom. The molecular weight excluding hydrogens is 378 g/mol. The number of benzene rings is 2. The summed E-state index contributed by atoms with van der Waals surface area (Å²) in [5, 5.41) is 0.408. The summed E-state index contributed by atoms with van der Waals surface area (Å²) in [6, 6.07) is 12.6. The maximum absolute atomic E-state index is 12.8. The Hall–Kier alpha value is -2.67. The van der Waals surface area contributed by atoms with E-state index in [-0.39, 0.29) is 18.1 Å². The standard InChI is InChI=1S/C21H23NO5S/c1-14-8-9-22(18-6-4-5-7-19(18)28-14)20(23)13-27-21(24)15-10-16(25-2)12-17(11-15)26-3/h4-7,10-12,14H,8-9,13H2,1-3H3. The number of hydrogen-bond donors (Lipinski definition) is 0. The largest absolute Gasteiger partial charge is 0.497 e. The van der Waals surface area contributed by atoms with Gasteiger partial charge in [0.05, 0.1) is 25.5 Å². The molecule has 148 valence electrons. The van der Waals surface area contributed by atoms with Crippen LogP contribution in [0.5, 0.6) is 11.5 Å². The highest BCUT2D eigenvalue weighted by atomic mass is 32.2. The lowest BCUT2D eigenvalue weighted by molar-refractivity contribution is -0.121. The van der Waals surface area contributed by atoms with Crippen molar-refractivity contribution in [2.45, 2.75) is 23.5 Å². The molecule has 6 nitrogen and oxygen atoms in total. The van der Waals surface area contributed by atoms with E-state index < -0.39 is 5.97 Å². The summed E-state index contributed by atoms with van der Waals surface area (Å²) >= 11 is 1.75. The van der Waals surface area contributed by atoms with Gasteiger partial charge >= 0.3 is 5.97 Å². The third-order valence-electron chi connectivity index (χ3n) is 4.46. The smallest absolute Gasteiger partial charge is 0.338 e. The second-order valence-electron chi connectivity index (χ2n) is 6.41. The van der Waals surface area contributed by atoms with Gasteiger partial charge in [-0.3, -0.25) is 4.79 Å². The number of amides is 1. The molecule has 1 heterocycles. The van der Waals surface area contributed by atoms with E-state index in [0.29, 0.717) is 23.3 Å². The summed E-state index contributed by atoms with van der Waals surface area (Å²) in [4.78, 5) is 28.0. The predicted octanol–water partition coefficient (Wildman–Crippen LogP) is 3.78. The van der Waals surface area contributed by atoms with Gasteiger partial charge < -0.3 is 19.1 Å². The van der Waals surface area contributed by atoms with Gasteiger partial charge in [0, 0.05) is 22.8 Å². The monoisotopic (exact) mass is 401 g/mol. The van der Waals surface area contributed by atoms with Crippen molar-refractivity contribution in [2.24, 2.45) is 0 Å². The topological polar surface area (TPSA) is 65.1 Å². The van der Waals surface area contributed by atoms with Gasteiger partial charge in [-0.25, -0.2) is 4.79 Å². The zero-order valence-electron chi connectivity index (χ0n) is 16.1. The number of esters is 1. The number of rotatable bonds is 5. The summed E-state index contributed by atoms with van der Waals surface area (Å²) in [6.45, 7) is 2.41. The van der Waals surface area contributed by atoms with Gasteiger partial charge in [-0.2, -0.15) is 0 Å². The van der Waals surface area contributed by atoms with E-state index >= 15 is 0 Å². The Labute approximate surface area is 168 Å². The molecule has 7 heteroatoms. The number of ether oxygens (including phenoxy) is 3. The Kier molecular flexibility index (Phi) is 6.46. The maximum atomic E-state index is 12.8. The molecule has 1 aliphatic heterocycles. The molecule has 28 heavy (non-hydrogen) atoms. The Bertz CT molecular complexity index is 847. The molecule has 3 rings (SSSR count). The molecule has 0 aromatic heterocycles. The zero-order valence-corrected chi connectivity index (χ0v) is 17.0. The highest BCUT2D eigenvalue weighted by Crippen LogP contribution is 2.37. The molecule has 2 aromatic rings. The van der Waals surface area contributed by atoms with Crippen LogP contribution in [-0.2, 0) is 9.53 Å². The first-order valence-corrected chi connectivity index (χ1v) is 9.86. The lowest BCUT2D eigenvalue weighted by Gasteiger charge is -2.22. The van der Waals surface area contributed by atoms with Crippen molar-refractivity contribution in [1.82, 2.24) is 0 Å². The fraction of sp³-hybridized carbons (Fsp3) is 0.333. The lowest BCUT2D eigenvalue weighted by Crippen LogP contribution is -2.35. The van der Waals surface area contributed by atoms with E-state index in [1.165, 1.54) is 14.2 Å². The molecule has 1 aliphatic rings. The average Bonchev–Trinajstić information content (AvgIpc) is 2.89. The molecule has 0 saturated heterocycles. The number of carbonyl (C=O) groups excluding carboxylic acids is 2. The van der Waals surface area contributed by atoms with Crippen molar-refractivity contribution in [3.8, 4) is 11.5 Å². The lowest BCUT2D eigenvalue weighted by atomic mass is 10.2. The van der Waals surface area contributed by atoms with Gasteiger partial charge in [0.1, 0.15) is 11.5 Å². The second kappa shape index (κ2) is 9.01. The quantitative estimate of drug-likeness (QED) is 0.711. The summed E-state index contributed by atoms with van der Waals surface area (Å²) in [6.07, 6.45) is 0.867. The van der Waals surface area contributed by atoms with Crippen LogP contribution in [0, 0.1) is 0 Å². The maximum Gasteiger partial charge on any atom is 0.338 e. The number of anilines is 1. The minimum absolute atomic E-state index is 0.245. The van der Waals surface area contributed by atoms with Gasteiger partial charge in [0.2, 0.25) is 0 Å². The molecule has 0 radical (unpaired) electrons. The van der Waals surface area contributed by atoms with Gasteiger partial charge in [-0.1, -0.05) is 19.1 Å². The van der Waals surface area contributed by atoms with Crippen LogP contribution >= 0.6 is 11.8 Å². The summed E-state index contributed by atoms with van der Waals surface area (Å²) in [5.74, 6) is 0.108. The molecule has 0 saturated carbocycles. The van der Waals surface area contributed by atoms with Crippen molar-refractivity contribution in [1.29, 1.82) is 0 Å². The SMILES string of the molecule is COc1cc(OC)cc(C(=O)OCC(=O)N2CCC(C)Sc3ccccc32)c1. The Balaban J connectivity index is 1.71. The number of para-hydroxylation sites is 1. The molecule has 0 bridgehead atoms. The Morgan fingerprint density at radius 3 is 2.46 bits per heavy atom. The highest BCUT2D eigenvalue weighted by molar-refractivity contribution is 8.00. The first-order valence-electron chi connectivity index (χ1n) is 8.98. The molecule has 1 atom stereocenters. The summed E-state index contributed by atoms with van der Waals surface area (Å²) < 4.78 is 15.6. The molecule has 0 spiro atoms. The first kappa shape index (κ1) is 20.1. The van der Waals surface area contributed by atoms with Crippen LogP contribution in [0.3, 0.4) is 0 Å². The van der Waals surface area contributed by atoms with E-state index in [0.717, 1.165) is 17.0 Å². The van der Waals surface area contributed by atoms with Crippen molar-refractivity contribution in [3.05, 3.63) is 48.0 Å². The summed E-state index contributed by atoms with van der Waals surface area (Å²) in [5.41, 5.74) is 1.13. The fourth-order valence-corrected chi connectivity index (χ4v) is 4.07. The molecule has 0 N–H and O–H groups in total. The van der Waals surface area contributed by atoms with E-state index in [4.69, 9.17) is 14.2 Å². The number of hydrogen-bond acceptors (Lipinski definition) is 6. The molecule has 2 aromatic carbocycles. The fourth-order valence-electron chi connectivity index (χ4n) is 2.96. The average molecular weight is 401 g/mol. The molecule has 0 aliphatic carbocycles. The van der Waals surface area contributed by atoms with Crippen molar-refractivity contribution >= 4 is 29.3 Å². The predicted molar refractivity (Wildman–Crippen MR) is 109 cm³/mol. The van der Waals surface area contributed by atoms with E-state index in [9.17, 15) is 9.59 Å². The summed E-state index contributed by atoms with van der Waals surface area (Å²) in [7, 11) is 3.01. The van der Waals surface area contributed by atoms with Gasteiger partial charge in [0.15, 0.2) is 6.61 Å². The minimum Gasteiger partial charge on any atom is -0.497 e. The highest BCUT2D eigenvalue weighted by Gasteiger charge is 2.25. The first-order chi connectivity index (χ1) is 13.5. The van der Waals surface area contributed by atoms with Crippen molar-refractivity contribution < 1.29 is 23.8 Å².